The number of hydrogen-bond donors (Lipinski definition) is 2. The summed E-state index contributed by atoms with van der Waals surface area (Å²) >= 11 is 0. The van der Waals surface area contributed by atoms with E-state index in [1.807, 2.05) is 12.1 Å². The number of rotatable bonds is 2. The van der Waals surface area contributed by atoms with Crippen LogP contribution in [0.4, 0.5) is 0 Å². The van der Waals surface area contributed by atoms with Crippen LogP contribution in [0.5, 0.6) is 11.5 Å². The molecule has 2 aliphatic rings. The van der Waals surface area contributed by atoms with E-state index in [4.69, 9.17) is 15.2 Å². The Hall–Kier alpha value is -1.75. The van der Waals surface area contributed by atoms with Gasteiger partial charge in [0.1, 0.15) is 5.82 Å². The summed E-state index contributed by atoms with van der Waals surface area (Å²) in [5, 5.41) is 0. The Balaban J connectivity index is 1.76. The quantitative estimate of drug-likeness (QED) is 0.866. The lowest BCUT2D eigenvalue weighted by Gasteiger charge is -2.05. The van der Waals surface area contributed by atoms with Crippen molar-refractivity contribution in [3.63, 3.8) is 0 Å². The normalized spacial score (nSPS) is 20.3. The Morgan fingerprint density at radius 2 is 1.95 bits per heavy atom. The van der Waals surface area contributed by atoms with Gasteiger partial charge in [-0.15, -0.1) is 0 Å². The molecule has 100 valence electrons. The molecule has 2 heterocycles. The van der Waals surface area contributed by atoms with Crippen LogP contribution in [0.25, 0.3) is 11.0 Å². The Morgan fingerprint density at radius 3 is 2.68 bits per heavy atom. The summed E-state index contributed by atoms with van der Waals surface area (Å²) in [5.41, 5.74) is 8.05. The molecule has 1 aliphatic heterocycles. The molecule has 0 saturated heterocycles. The largest absolute Gasteiger partial charge is 0.489 e. The second-order valence-electron chi connectivity index (χ2n) is 5.35. The molecule has 4 rings (SSSR count). The minimum absolute atomic E-state index is 0.0223. The van der Waals surface area contributed by atoms with Gasteiger partial charge in [0.15, 0.2) is 11.5 Å². The molecular weight excluding hydrogens is 242 g/mol. The first-order valence-electron chi connectivity index (χ1n) is 6.86. The molecule has 2 aromatic rings. The summed E-state index contributed by atoms with van der Waals surface area (Å²) in [6.07, 6.45) is 3.33. The molecule has 1 aliphatic carbocycles. The molecular formula is C14H17N3O2. The summed E-state index contributed by atoms with van der Waals surface area (Å²) in [4.78, 5) is 7.91. The number of nitrogens with zero attached hydrogens (tertiary/aromatic N) is 1. The molecule has 1 unspecified atom stereocenters. The van der Waals surface area contributed by atoms with E-state index in [1.54, 1.807) is 0 Å². The third-order valence-electron chi connectivity index (χ3n) is 3.82. The molecule has 0 spiro atoms. The van der Waals surface area contributed by atoms with Gasteiger partial charge in [-0.3, -0.25) is 0 Å². The minimum atomic E-state index is 0.0223. The molecule has 19 heavy (non-hydrogen) atoms. The van der Waals surface area contributed by atoms with Gasteiger partial charge < -0.3 is 20.2 Å². The number of ether oxygens (including phenoxy) is 2. The lowest BCUT2D eigenvalue weighted by atomic mass is 10.2. The topological polar surface area (TPSA) is 73.2 Å². The number of benzene rings is 1. The molecule has 5 heteroatoms. The Kier molecular flexibility index (Phi) is 2.41. The molecule has 0 amide bonds. The average Bonchev–Trinajstić information content (AvgIpc) is 3.19. The molecule has 5 nitrogen and oxygen atoms in total. The molecule has 1 aromatic carbocycles. The zero-order chi connectivity index (χ0) is 12.8. The van der Waals surface area contributed by atoms with Crippen molar-refractivity contribution < 1.29 is 9.47 Å². The van der Waals surface area contributed by atoms with Crippen LogP contribution in [-0.4, -0.2) is 23.2 Å². The van der Waals surface area contributed by atoms with E-state index < -0.39 is 0 Å². The van der Waals surface area contributed by atoms with Crippen LogP contribution < -0.4 is 15.2 Å². The van der Waals surface area contributed by atoms with Crippen LogP contribution in [0.3, 0.4) is 0 Å². The van der Waals surface area contributed by atoms with E-state index in [0.717, 1.165) is 34.8 Å². The number of aromatic nitrogens is 2. The molecule has 1 saturated carbocycles. The maximum absolute atomic E-state index is 6.19. The van der Waals surface area contributed by atoms with Gasteiger partial charge in [0, 0.05) is 18.6 Å². The van der Waals surface area contributed by atoms with E-state index in [2.05, 4.69) is 9.97 Å². The summed E-state index contributed by atoms with van der Waals surface area (Å²) in [6, 6.07) is 3.93. The van der Waals surface area contributed by atoms with E-state index in [-0.39, 0.29) is 6.04 Å². The van der Waals surface area contributed by atoms with Gasteiger partial charge in [-0.05, 0) is 18.8 Å². The van der Waals surface area contributed by atoms with Crippen molar-refractivity contribution in [1.29, 1.82) is 0 Å². The van der Waals surface area contributed by atoms with E-state index in [1.165, 1.54) is 12.8 Å². The predicted octanol–water partition coefficient (Wildman–Crippen LogP) is 2.13. The van der Waals surface area contributed by atoms with Gasteiger partial charge >= 0.3 is 0 Å². The van der Waals surface area contributed by atoms with Crippen LogP contribution in [-0.2, 0) is 0 Å². The number of H-pyrrole nitrogens is 1. The number of nitrogens with two attached hydrogens (primary N) is 1. The number of nitrogens with one attached hydrogen (secondary N) is 1. The highest BCUT2D eigenvalue weighted by molar-refractivity contribution is 5.80. The zero-order valence-electron chi connectivity index (χ0n) is 10.7. The predicted molar refractivity (Wildman–Crippen MR) is 71.4 cm³/mol. The van der Waals surface area contributed by atoms with Crippen LogP contribution in [0.1, 0.15) is 31.1 Å². The number of fused-ring (bicyclic) bond motifs is 2. The van der Waals surface area contributed by atoms with Crippen molar-refractivity contribution in [2.24, 2.45) is 11.7 Å². The maximum Gasteiger partial charge on any atom is 0.163 e. The van der Waals surface area contributed by atoms with E-state index in [0.29, 0.717) is 19.1 Å². The summed E-state index contributed by atoms with van der Waals surface area (Å²) in [6.45, 7) is 1.39. The van der Waals surface area contributed by atoms with Crippen molar-refractivity contribution in [3.8, 4) is 11.5 Å². The molecule has 1 atom stereocenters. The van der Waals surface area contributed by atoms with Gasteiger partial charge in [-0.25, -0.2) is 4.98 Å². The monoisotopic (exact) mass is 259 g/mol. The van der Waals surface area contributed by atoms with E-state index in [9.17, 15) is 0 Å². The van der Waals surface area contributed by atoms with Crippen molar-refractivity contribution in [2.75, 3.05) is 13.2 Å². The average molecular weight is 259 g/mol. The Morgan fingerprint density at radius 1 is 1.21 bits per heavy atom. The summed E-state index contributed by atoms with van der Waals surface area (Å²) in [5.74, 6) is 3.03. The lowest BCUT2D eigenvalue weighted by molar-refractivity contribution is 0.297. The first-order valence-corrected chi connectivity index (χ1v) is 6.86. The second-order valence-corrected chi connectivity index (χ2v) is 5.35. The third kappa shape index (κ3) is 1.94. The first kappa shape index (κ1) is 11.1. The Labute approximate surface area is 111 Å². The van der Waals surface area contributed by atoms with Crippen molar-refractivity contribution in [1.82, 2.24) is 9.97 Å². The number of aromatic amines is 1. The van der Waals surface area contributed by atoms with Crippen molar-refractivity contribution in [2.45, 2.75) is 25.3 Å². The SMILES string of the molecule is NC(c1nc2cc3c(cc2[nH]1)OCCCO3)C1CC1. The van der Waals surface area contributed by atoms with E-state index >= 15 is 0 Å². The second kappa shape index (κ2) is 4.13. The summed E-state index contributed by atoms with van der Waals surface area (Å²) in [7, 11) is 0. The van der Waals surface area contributed by atoms with Crippen molar-refractivity contribution >= 4 is 11.0 Å². The molecule has 1 aromatic heterocycles. The first-order chi connectivity index (χ1) is 9.31. The molecule has 3 N–H and O–H groups in total. The van der Waals surface area contributed by atoms with Crippen LogP contribution in [0, 0.1) is 5.92 Å². The smallest absolute Gasteiger partial charge is 0.163 e. The summed E-state index contributed by atoms with van der Waals surface area (Å²) < 4.78 is 11.4. The highest BCUT2D eigenvalue weighted by Crippen LogP contribution is 2.40. The minimum Gasteiger partial charge on any atom is -0.489 e. The van der Waals surface area contributed by atoms with Gasteiger partial charge in [0.25, 0.3) is 0 Å². The lowest BCUT2D eigenvalue weighted by Crippen LogP contribution is -2.13. The Bertz CT molecular complexity index is 575. The van der Waals surface area contributed by atoms with Crippen LogP contribution >= 0.6 is 0 Å². The molecule has 0 bridgehead atoms. The van der Waals surface area contributed by atoms with Crippen LogP contribution in [0.15, 0.2) is 12.1 Å². The zero-order valence-corrected chi connectivity index (χ0v) is 10.7. The van der Waals surface area contributed by atoms with Crippen LogP contribution in [0.2, 0.25) is 0 Å². The van der Waals surface area contributed by atoms with Gasteiger partial charge in [0.2, 0.25) is 0 Å². The third-order valence-corrected chi connectivity index (χ3v) is 3.82. The number of hydrogen-bond acceptors (Lipinski definition) is 4. The fourth-order valence-corrected chi connectivity index (χ4v) is 2.52. The fourth-order valence-electron chi connectivity index (χ4n) is 2.52. The van der Waals surface area contributed by atoms with Gasteiger partial charge in [0.05, 0.1) is 30.3 Å². The molecule has 0 radical (unpaired) electrons. The highest BCUT2D eigenvalue weighted by Gasteiger charge is 2.31. The fraction of sp³-hybridized carbons (Fsp3) is 0.500. The standard InChI is InChI=1S/C14H17N3O2/c15-13(8-2-3-8)14-16-9-6-11-12(7-10(9)17-14)19-5-1-4-18-11/h6-8,13H,1-5,15H2,(H,16,17). The maximum atomic E-state index is 6.19. The van der Waals surface area contributed by atoms with Gasteiger partial charge in [-0.2, -0.15) is 0 Å². The number of imidazole rings is 1. The molecule has 1 fully saturated rings. The highest BCUT2D eigenvalue weighted by atomic mass is 16.5. The van der Waals surface area contributed by atoms with Gasteiger partial charge in [-0.1, -0.05) is 0 Å². The van der Waals surface area contributed by atoms with Crippen molar-refractivity contribution in [3.05, 3.63) is 18.0 Å².